The highest BCUT2D eigenvalue weighted by Crippen LogP contribution is 2.32. The summed E-state index contributed by atoms with van der Waals surface area (Å²) in [6, 6.07) is 12.8. The smallest absolute Gasteiger partial charge is 0.226 e. The van der Waals surface area contributed by atoms with Crippen molar-refractivity contribution in [2.24, 2.45) is 0 Å². The average molecular weight is 356 g/mol. The zero-order chi connectivity index (χ0) is 19.1. The number of benzene rings is 2. The van der Waals surface area contributed by atoms with E-state index in [2.05, 4.69) is 5.32 Å². The van der Waals surface area contributed by atoms with E-state index in [9.17, 15) is 9.59 Å². The van der Waals surface area contributed by atoms with Gasteiger partial charge in [-0.3, -0.25) is 9.59 Å². The van der Waals surface area contributed by atoms with Crippen molar-refractivity contribution in [2.75, 3.05) is 31.0 Å². The van der Waals surface area contributed by atoms with Gasteiger partial charge in [0.15, 0.2) is 0 Å². The SMILES string of the molecule is COc1ccc(OC)c(N(CCC(=O)Nc2ccccc2C)C(C)=O)c1. The number of methoxy groups -OCH3 is 2. The number of rotatable bonds is 7. The molecule has 0 fully saturated rings. The molecule has 0 aliphatic rings. The minimum absolute atomic E-state index is 0.160. The van der Waals surface area contributed by atoms with E-state index in [1.807, 2.05) is 31.2 Å². The summed E-state index contributed by atoms with van der Waals surface area (Å²) in [6.45, 7) is 3.62. The third-order valence-electron chi connectivity index (χ3n) is 4.04. The monoisotopic (exact) mass is 356 g/mol. The number of para-hydroxylation sites is 1. The summed E-state index contributed by atoms with van der Waals surface area (Å²) in [5.41, 5.74) is 2.33. The Kier molecular flexibility index (Phi) is 6.60. The van der Waals surface area contributed by atoms with E-state index in [1.54, 1.807) is 25.3 Å². The fraction of sp³-hybridized carbons (Fsp3) is 0.300. The molecule has 0 unspecified atom stereocenters. The molecule has 2 aromatic carbocycles. The van der Waals surface area contributed by atoms with Crippen LogP contribution in [0.4, 0.5) is 11.4 Å². The van der Waals surface area contributed by atoms with Gasteiger partial charge in [-0.25, -0.2) is 0 Å². The fourth-order valence-electron chi connectivity index (χ4n) is 2.59. The van der Waals surface area contributed by atoms with Crippen LogP contribution >= 0.6 is 0 Å². The second kappa shape index (κ2) is 8.89. The summed E-state index contributed by atoms with van der Waals surface area (Å²) >= 11 is 0. The largest absolute Gasteiger partial charge is 0.497 e. The maximum atomic E-state index is 12.3. The maximum absolute atomic E-state index is 12.3. The minimum Gasteiger partial charge on any atom is -0.497 e. The van der Waals surface area contributed by atoms with Gasteiger partial charge in [0, 0.05) is 31.6 Å². The fourth-order valence-corrected chi connectivity index (χ4v) is 2.59. The Morgan fingerprint density at radius 3 is 2.42 bits per heavy atom. The van der Waals surface area contributed by atoms with Crippen molar-refractivity contribution in [1.82, 2.24) is 0 Å². The molecular formula is C20H24N2O4. The van der Waals surface area contributed by atoms with Gasteiger partial charge in [0.2, 0.25) is 11.8 Å². The number of carbonyl (C=O) groups excluding carboxylic acids is 2. The molecule has 0 bridgehead atoms. The molecule has 0 saturated carbocycles. The van der Waals surface area contributed by atoms with E-state index in [0.717, 1.165) is 11.3 Å². The number of hydrogen-bond acceptors (Lipinski definition) is 4. The first kappa shape index (κ1) is 19.3. The molecule has 0 aromatic heterocycles. The molecule has 6 nitrogen and oxygen atoms in total. The highest BCUT2D eigenvalue weighted by molar-refractivity contribution is 5.96. The quantitative estimate of drug-likeness (QED) is 0.826. The lowest BCUT2D eigenvalue weighted by molar-refractivity contribution is -0.117. The zero-order valence-corrected chi connectivity index (χ0v) is 15.5. The van der Waals surface area contributed by atoms with Gasteiger partial charge in [-0.15, -0.1) is 0 Å². The highest BCUT2D eigenvalue weighted by Gasteiger charge is 2.18. The Hall–Kier alpha value is -3.02. The topological polar surface area (TPSA) is 67.9 Å². The summed E-state index contributed by atoms with van der Waals surface area (Å²) in [5.74, 6) is 0.810. The van der Waals surface area contributed by atoms with Gasteiger partial charge < -0.3 is 19.7 Å². The lowest BCUT2D eigenvalue weighted by Gasteiger charge is -2.23. The van der Waals surface area contributed by atoms with Crippen molar-refractivity contribution < 1.29 is 19.1 Å². The molecule has 2 rings (SSSR count). The number of amides is 2. The van der Waals surface area contributed by atoms with Crippen LogP contribution in [-0.2, 0) is 9.59 Å². The van der Waals surface area contributed by atoms with Crippen LogP contribution < -0.4 is 19.7 Å². The van der Waals surface area contributed by atoms with Crippen LogP contribution in [0.1, 0.15) is 18.9 Å². The molecular weight excluding hydrogens is 332 g/mol. The van der Waals surface area contributed by atoms with E-state index >= 15 is 0 Å². The van der Waals surface area contributed by atoms with Crippen molar-refractivity contribution in [1.29, 1.82) is 0 Å². The van der Waals surface area contributed by atoms with E-state index in [-0.39, 0.29) is 24.8 Å². The summed E-state index contributed by atoms with van der Waals surface area (Å²) in [7, 11) is 3.09. The van der Waals surface area contributed by atoms with Gasteiger partial charge in [0.05, 0.1) is 19.9 Å². The van der Waals surface area contributed by atoms with Crippen molar-refractivity contribution in [3.63, 3.8) is 0 Å². The number of anilines is 2. The van der Waals surface area contributed by atoms with E-state index < -0.39 is 0 Å². The second-order valence-corrected chi connectivity index (χ2v) is 5.82. The number of ether oxygens (including phenoxy) is 2. The molecule has 2 aromatic rings. The zero-order valence-electron chi connectivity index (χ0n) is 15.5. The Labute approximate surface area is 153 Å². The van der Waals surface area contributed by atoms with Gasteiger partial charge in [0.25, 0.3) is 0 Å². The molecule has 0 atom stereocenters. The minimum atomic E-state index is -0.180. The van der Waals surface area contributed by atoms with Crippen molar-refractivity contribution in [3.05, 3.63) is 48.0 Å². The van der Waals surface area contributed by atoms with Crippen LogP contribution in [0.15, 0.2) is 42.5 Å². The highest BCUT2D eigenvalue weighted by atomic mass is 16.5. The normalized spacial score (nSPS) is 10.2. The van der Waals surface area contributed by atoms with E-state index in [0.29, 0.717) is 17.2 Å². The van der Waals surface area contributed by atoms with Crippen LogP contribution in [0, 0.1) is 6.92 Å². The molecule has 0 heterocycles. The van der Waals surface area contributed by atoms with E-state index in [4.69, 9.17) is 9.47 Å². The lowest BCUT2D eigenvalue weighted by Crippen LogP contribution is -2.32. The van der Waals surface area contributed by atoms with Crippen molar-refractivity contribution in [3.8, 4) is 11.5 Å². The van der Waals surface area contributed by atoms with E-state index in [1.165, 1.54) is 18.9 Å². The third kappa shape index (κ3) is 4.75. The summed E-state index contributed by atoms with van der Waals surface area (Å²) in [6.07, 6.45) is 0.161. The number of nitrogens with one attached hydrogen (secondary N) is 1. The van der Waals surface area contributed by atoms with Crippen molar-refractivity contribution >= 4 is 23.2 Å². The van der Waals surface area contributed by atoms with Gasteiger partial charge >= 0.3 is 0 Å². The molecule has 0 saturated heterocycles. The third-order valence-corrected chi connectivity index (χ3v) is 4.04. The predicted molar refractivity (Wildman–Crippen MR) is 102 cm³/mol. The average Bonchev–Trinajstić information content (AvgIpc) is 2.63. The molecule has 1 N–H and O–H groups in total. The second-order valence-electron chi connectivity index (χ2n) is 5.82. The first-order valence-electron chi connectivity index (χ1n) is 8.32. The summed E-state index contributed by atoms with van der Waals surface area (Å²) < 4.78 is 10.6. The standard InChI is InChI=1S/C20H24N2O4/c1-14-7-5-6-8-17(14)21-20(24)11-12-22(15(2)23)18-13-16(25-3)9-10-19(18)26-4/h5-10,13H,11-12H2,1-4H3,(H,21,24). The molecule has 0 aliphatic carbocycles. The Morgan fingerprint density at radius 1 is 1.08 bits per heavy atom. The van der Waals surface area contributed by atoms with Crippen LogP contribution in [0.2, 0.25) is 0 Å². The molecule has 6 heteroatoms. The summed E-state index contributed by atoms with van der Waals surface area (Å²) in [5, 5.41) is 2.87. The van der Waals surface area contributed by atoms with Crippen LogP contribution in [0.25, 0.3) is 0 Å². The molecule has 0 aliphatic heterocycles. The first-order chi connectivity index (χ1) is 12.5. The van der Waals surface area contributed by atoms with Crippen LogP contribution in [-0.4, -0.2) is 32.6 Å². The molecule has 0 radical (unpaired) electrons. The molecule has 138 valence electrons. The number of nitrogens with zero attached hydrogens (tertiary/aromatic N) is 1. The van der Waals surface area contributed by atoms with Gasteiger partial charge in [-0.1, -0.05) is 18.2 Å². The Morgan fingerprint density at radius 2 is 1.81 bits per heavy atom. The lowest BCUT2D eigenvalue weighted by atomic mass is 10.2. The summed E-state index contributed by atoms with van der Waals surface area (Å²) in [4.78, 5) is 25.9. The molecule has 26 heavy (non-hydrogen) atoms. The Balaban J connectivity index is 2.13. The number of hydrogen-bond donors (Lipinski definition) is 1. The van der Waals surface area contributed by atoms with Crippen molar-refractivity contribution in [2.45, 2.75) is 20.3 Å². The number of aryl methyl sites for hydroxylation is 1. The molecule has 2 amide bonds. The predicted octanol–water partition coefficient (Wildman–Crippen LogP) is 3.39. The van der Waals surface area contributed by atoms with Gasteiger partial charge in [0.1, 0.15) is 11.5 Å². The maximum Gasteiger partial charge on any atom is 0.226 e. The Bertz CT molecular complexity index is 789. The van der Waals surface area contributed by atoms with Crippen LogP contribution in [0.3, 0.4) is 0 Å². The van der Waals surface area contributed by atoms with Crippen LogP contribution in [0.5, 0.6) is 11.5 Å². The first-order valence-corrected chi connectivity index (χ1v) is 8.32. The van der Waals surface area contributed by atoms with Gasteiger partial charge in [-0.2, -0.15) is 0 Å². The number of carbonyl (C=O) groups is 2. The van der Waals surface area contributed by atoms with Gasteiger partial charge in [-0.05, 0) is 30.7 Å². The molecule has 0 spiro atoms.